The van der Waals surface area contributed by atoms with E-state index >= 15 is 0 Å². The summed E-state index contributed by atoms with van der Waals surface area (Å²) in [5, 5.41) is 4.97. The number of carbonyl (C=O) groups is 2. The molecule has 0 radical (unpaired) electrons. The zero-order chi connectivity index (χ0) is 23.6. The van der Waals surface area contributed by atoms with Gasteiger partial charge in [-0.1, -0.05) is 43.3 Å². The Kier molecular flexibility index (Phi) is 9.39. The summed E-state index contributed by atoms with van der Waals surface area (Å²) in [4.78, 5) is 32.3. The van der Waals surface area contributed by atoms with E-state index in [1.165, 1.54) is 0 Å². The number of hydrogen-bond donors (Lipinski definition) is 1. The molecule has 0 aliphatic carbocycles. The van der Waals surface area contributed by atoms with Crippen LogP contribution in [0, 0.1) is 0 Å². The molecule has 0 saturated heterocycles. The minimum atomic E-state index is -0.259. The van der Waals surface area contributed by atoms with Gasteiger partial charge >= 0.3 is 6.03 Å². The SMILES string of the molecule is CCC(C)N(CC(=O)N(Cc1ccccc1)Cc1cccs1)C(=O)Nc1ccc(SC)cc1. The molecule has 1 atom stereocenters. The molecule has 5 nitrogen and oxygen atoms in total. The summed E-state index contributed by atoms with van der Waals surface area (Å²) in [5.41, 5.74) is 1.79. The monoisotopic (exact) mass is 481 g/mol. The van der Waals surface area contributed by atoms with Crippen LogP contribution in [0.15, 0.2) is 77.0 Å². The lowest BCUT2D eigenvalue weighted by Crippen LogP contribution is -2.47. The summed E-state index contributed by atoms with van der Waals surface area (Å²) in [7, 11) is 0. The van der Waals surface area contributed by atoms with Crippen molar-refractivity contribution in [2.75, 3.05) is 18.1 Å². The lowest BCUT2D eigenvalue weighted by Gasteiger charge is -2.31. The molecule has 0 spiro atoms. The van der Waals surface area contributed by atoms with Crippen LogP contribution in [0.4, 0.5) is 10.5 Å². The zero-order valence-electron chi connectivity index (χ0n) is 19.4. The largest absolute Gasteiger partial charge is 0.332 e. The molecule has 3 rings (SSSR count). The minimum absolute atomic E-state index is 0.0297. The first-order valence-electron chi connectivity index (χ1n) is 11.1. The standard InChI is InChI=1S/C26H31N3O2S2/c1-4-20(2)29(26(31)27-22-12-14-23(32-3)15-13-22)19-25(30)28(18-24-11-8-16-33-24)17-21-9-6-5-7-10-21/h5-16,20H,4,17-19H2,1-3H3,(H,27,31). The Morgan fingerprint density at radius 3 is 2.33 bits per heavy atom. The van der Waals surface area contributed by atoms with Crippen molar-refractivity contribution in [1.82, 2.24) is 9.80 Å². The van der Waals surface area contributed by atoms with Crippen LogP contribution in [0.2, 0.25) is 0 Å². The maximum Gasteiger partial charge on any atom is 0.322 e. The summed E-state index contributed by atoms with van der Waals surface area (Å²) in [6.07, 6.45) is 2.77. The predicted molar refractivity (Wildman–Crippen MR) is 139 cm³/mol. The van der Waals surface area contributed by atoms with Gasteiger partial charge in [0, 0.05) is 28.0 Å². The van der Waals surface area contributed by atoms with Crippen LogP contribution in [0.5, 0.6) is 0 Å². The van der Waals surface area contributed by atoms with Gasteiger partial charge in [0.15, 0.2) is 0 Å². The smallest absolute Gasteiger partial charge is 0.322 e. The van der Waals surface area contributed by atoms with Crippen LogP contribution in [-0.4, -0.2) is 40.6 Å². The molecule has 3 aromatic rings. The number of nitrogens with zero attached hydrogens (tertiary/aromatic N) is 2. The number of thioether (sulfide) groups is 1. The predicted octanol–water partition coefficient (Wildman–Crippen LogP) is 6.33. The molecule has 1 N–H and O–H groups in total. The quantitative estimate of drug-likeness (QED) is 0.344. The lowest BCUT2D eigenvalue weighted by atomic mass is 10.2. The van der Waals surface area contributed by atoms with E-state index in [9.17, 15) is 9.59 Å². The topological polar surface area (TPSA) is 52.7 Å². The molecule has 1 heterocycles. The third-order valence-corrected chi connectivity index (χ3v) is 7.13. The Labute approximate surface area is 204 Å². The van der Waals surface area contributed by atoms with Crippen molar-refractivity contribution in [1.29, 1.82) is 0 Å². The first kappa shape index (κ1) is 24.9. The fraction of sp³-hybridized carbons (Fsp3) is 0.308. The van der Waals surface area contributed by atoms with Crippen molar-refractivity contribution < 1.29 is 9.59 Å². The molecular weight excluding hydrogens is 450 g/mol. The number of amides is 3. The molecule has 7 heteroatoms. The third kappa shape index (κ3) is 7.37. The first-order valence-corrected chi connectivity index (χ1v) is 13.2. The van der Waals surface area contributed by atoms with Gasteiger partial charge < -0.3 is 15.1 Å². The van der Waals surface area contributed by atoms with E-state index in [1.807, 2.05) is 97.1 Å². The van der Waals surface area contributed by atoms with Crippen LogP contribution < -0.4 is 5.32 Å². The maximum absolute atomic E-state index is 13.5. The van der Waals surface area contributed by atoms with Crippen LogP contribution in [0.1, 0.15) is 30.7 Å². The molecule has 1 unspecified atom stereocenters. The maximum atomic E-state index is 13.5. The summed E-state index contributed by atoms with van der Waals surface area (Å²) in [6, 6.07) is 21.4. The van der Waals surface area contributed by atoms with Gasteiger partial charge in [0.25, 0.3) is 0 Å². The van der Waals surface area contributed by atoms with Crippen LogP contribution in [-0.2, 0) is 17.9 Å². The van der Waals surface area contributed by atoms with Gasteiger partial charge in [-0.15, -0.1) is 23.1 Å². The molecule has 0 aliphatic heterocycles. The number of carbonyl (C=O) groups excluding carboxylic acids is 2. The normalized spacial score (nSPS) is 11.6. The second-order valence-corrected chi connectivity index (χ2v) is 9.77. The minimum Gasteiger partial charge on any atom is -0.332 e. The highest BCUT2D eigenvalue weighted by Crippen LogP contribution is 2.19. The van der Waals surface area contributed by atoms with Gasteiger partial charge in [0.2, 0.25) is 5.91 Å². The van der Waals surface area contributed by atoms with Crippen LogP contribution in [0.25, 0.3) is 0 Å². The van der Waals surface area contributed by atoms with Gasteiger partial charge in [-0.25, -0.2) is 4.79 Å². The number of thiophene rings is 1. The molecule has 0 fully saturated rings. The molecular formula is C26H31N3O2S2. The van der Waals surface area contributed by atoms with Crippen LogP contribution >= 0.6 is 23.1 Å². The molecule has 3 amide bonds. The van der Waals surface area contributed by atoms with E-state index in [4.69, 9.17) is 0 Å². The third-order valence-electron chi connectivity index (χ3n) is 5.53. The number of rotatable bonds is 10. The van der Waals surface area contributed by atoms with Crippen LogP contribution in [0.3, 0.4) is 0 Å². The average Bonchev–Trinajstić information content (AvgIpc) is 3.35. The van der Waals surface area contributed by atoms with E-state index in [-0.39, 0.29) is 24.5 Å². The Morgan fingerprint density at radius 1 is 1.00 bits per heavy atom. The number of hydrogen-bond acceptors (Lipinski definition) is 4. The first-order chi connectivity index (χ1) is 16.0. The zero-order valence-corrected chi connectivity index (χ0v) is 21.0. The van der Waals surface area contributed by atoms with Gasteiger partial charge in [0.05, 0.1) is 6.54 Å². The Morgan fingerprint density at radius 2 is 1.73 bits per heavy atom. The van der Waals surface area contributed by atoms with E-state index < -0.39 is 0 Å². The molecule has 1 aromatic heterocycles. The fourth-order valence-corrected chi connectivity index (χ4v) is 4.52. The van der Waals surface area contributed by atoms with Crippen molar-refractivity contribution in [2.45, 2.75) is 44.3 Å². The van der Waals surface area contributed by atoms with Crippen molar-refractivity contribution in [3.05, 3.63) is 82.6 Å². The van der Waals surface area contributed by atoms with Crippen molar-refractivity contribution >= 4 is 40.7 Å². The van der Waals surface area contributed by atoms with Crippen molar-refractivity contribution in [2.24, 2.45) is 0 Å². The molecule has 0 aliphatic rings. The Hall–Kier alpha value is -2.77. The fourth-order valence-electron chi connectivity index (χ4n) is 3.39. The van der Waals surface area contributed by atoms with E-state index in [0.29, 0.717) is 13.1 Å². The highest BCUT2D eigenvalue weighted by atomic mass is 32.2. The summed E-state index contributed by atoms with van der Waals surface area (Å²) >= 11 is 3.28. The van der Waals surface area contributed by atoms with E-state index in [1.54, 1.807) is 28.0 Å². The lowest BCUT2D eigenvalue weighted by molar-refractivity contribution is -0.133. The Balaban J connectivity index is 1.75. The van der Waals surface area contributed by atoms with Gasteiger partial charge in [-0.3, -0.25) is 4.79 Å². The highest BCUT2D eigenvalue weighted by Gasteiger charge is 2.25. The summed E-state index contributed by atoms with van der Waals surface area (Å²) in [5.74, 6) is -0.0690. The molecule has 2 aromatic carbocycles. The Bertz CT molecular complexity index is 1010. The second-order valence-electron chi connectivity index (χ2n) is 7.86. The van der Waals surface area contributed by atoms with Crippen molar-refractivity contribution in [3.63, 3.8) is 0 Å². The van der Waals surface area contributed by atoms with E-state index in [2.05, 4.69) is 5.32 Å². The van der Waals surface area contributed by atoms with Gasteiger partial charge in [-0.2, -0.15) is 0 Å². The number of urea groups is 1. The van der Waals surface area contributed by atoms with Gasteiger partial charge in [0.1, 0.15) is 6.54 Å². The number of benzene rings is 2. The second kappa shape index (κ2) is 12.5. The summed E-state index contributed by atoms with van der Waals surface area (Å²) in [6.45, 7) is 5.06. The molecule has 174 valence electrons. The average molecular weight is 482 g/mol. The number of nitrogens with one attached hydrogen (secondary N) is 1. The molecule has 33 heavy (non-hydrogen) atoms. The molecule has 0 bridgehead atoms. The number of anilines is 1. The highest BCUT2D eigenvalue weighted by molar-refractivity contribution is 7.98. The molecule has 0 saturated carbocycles. The summed E-state index contributed by atoms with van der Waals surface area (Å²) < 4.78 is 0. The van der Waals surface area contributed by atoms with Gasteiger partial charge in [-0.05, 0) is 60.9 Å². The van der Waals surface area contributed by atoms with E-state index in [0.717, 1.165) is 27.4 Å². The van der Waals surface area contributed by atoms with Crippen molar-refractivity contribution in [3.8, 4) is 0 Å².